The SMILES string of the molecule is O=C1C(=O)N(Cc2ccc3c(c2)OCO3)C(c2ccco2)/C1=C(/O)c1ccccc1. The van der Waals surface area contributed by atoms with Crippen LogP contribution in [0.3, 0.4) is 0 Å². The van der Waals surface area contributed by atoms with Crippen LogP contribution in [-0.2, 0) is 16.1 Å². The van der Waals surface area contributed by atoms with Crippen molar-refractivity contribution in [2.24, 2.45) is 0 Å². The van der Waals surface area contributed by atoms with Crippen molar-refractivity contribution in [2.75, 3.05) is 6.79 Å². The van der Waals surface area contributed by atoms with Gasteiger partial charge in [0.2, 0.25) is 6.79 Å². The number of benzene rings is 2. The molecule has 2 aliphatic heterocycles. The summed E-state index contributed by atoms with van der Waals surface area (Å²) in [5, 5.41) is 10.9. The van der Waals surface area contributed by atoms with E-state index in [-0.39, 0.29) is 24.7 Å². The smallest absolute Gasteiger partial charge is 0.296 e. The second-order valence-electron chi connectivity index (χ2n) is 7.00. The molecule has 0 saturated carbocycles. The lowest BCUT2D eigenvalue weighted by Gasteiger charge is -2.23. The molecule has 7 nitrogen and oxygen atoms in total. The number of nitrogens with zero attached hydrogens (tertiary/aromatic N) is 1. The number of ether oxygens (including phenoxy) is 2. The van der Waals surface area contributed by atoms with E-state index in [0.717, 1.165) is 5.56 Å². The fourth-order valence-corrected chi connectivity index (χ4v) is 3.77. The molecule has 1 unspecified atom stereocenters. The van der Waals surface area contributed by atoms with Gasteiger partial charge < -0.3 is 23.9 Å². The van der Waals surface area contributed by atoms with Gasteiger partial charge >= 0.3 is 0 Å². The molecule has 7 heteroatoms. The highest BCUT2D eigenvalue weighted by atomic mass is 16.7. The summed E-state index contributed by atoms with van der Waals surface area (Å²) in [7, 11) is 0. The molecule has 1 fully saturated rings. The summed E-state index contributed by atoms with van der Waals surface area (Å²) in [6, 6.07) is 16.5. The normalized spacial score (nSPS) is 19.5. The van der Waals surface area contributed by atoms with Gasteiger partial charge in [-0.15, -0.1) is 0 Å². The predicted octanol–water partition coefficient (Wildman–Crippen LogP) is 3.63. The Bertz CT molecular complexity index is 1150. The zero-order chi connectivity index (χ0) is 20.7. The lowest BCUT2D eigenvalue weighted by molar-refractivity contribution is -0.140. The molecule has 2 aromatic carbocycles. The first kappa shape index (κ1) is 18.1. The second-order valence-corrected chi connectivity index (χ2v) is 7.00. The van der Waals surface area contributed by atoms with Crippen LogP contribution < -0.4 is 9.47 Å². The molecule has 0 spiro atoms. The van der Waals surface area contributed by atoms with Crippen LogP contribution in [0.2, 0.25) is 0 Å². The van der Waals surface area contributed by atoms with Crippen molar-refractivity contribution in [2.45, 2.75) is 12.6 Å². The Hall–Kier alpha value is -4.00. The third kappa shape index (κ3) is 2.91. The minimum absolute atomic E-state index is 0.00175. The van der Waals surface area contributed by atoms with E-state index in [1.165, 1.54) is 11.2 Å². The van der Waals surface area contributed by atoms with E-state index in [4.69, 9.17) is 13.9 Å². The van der Waals surface area contributed by atoms with Crippen LogP contribution in [-0.4, -0.2) is 28.5 Å². The van der Waals surface area contributed by atoms with Crippen LogP contribution in [0.4, 0.5) is 0 Å². The highest BCUT2D eigenvalue weighted by molar-refractivity contribution is 6.46. The number of amides is 1. The van der Waals surface area contributed by atoms with Crippen molar-refractivity contribution < 1.29 is 28.6 Å². The predicted molar refractivity (Wildman–Crippen MR) is 106 cm³/mol. The Morgan fingerprint density at radius 2 is 1.80 bits per heavy atom. The molecule has 1 aromatic heterocycles. The fraction of sp³-hybridized carbons (Fsp3) is 0.130. The minimum atomic E-state index is -0.842. The van der Waals surface area contributed by atoms with Gasteiger partial charge in [0.05, 0.1) is 11.8 Å². The maximum atomic E-state index is 12.9. The van der Waals surface area contributed by atoms with Crippen LogP contribution in [0.15, 0.2) is 76.9 Å². The largest absolute Gasteiger partial charge is 0.507 e. The molecule has 2 aliphatic rings. The first-order valence-corrected chi connectivity index (χ1v) is 9.39. The van der Waals surface area contributed by atoms with Crippen LogP contribution in [0.5, 0.6) is 11.5 Å². The maximum Gasteiger partial charge on any atom is 0.296 e. The van der Waals surface area contributed by atoms with E-state index < -0.39 is 17.7 Å². The Kier molecular flexibility index (Phi) is 4.28. The average Bonchev–Trinajstić information content (AvgIpc) is 3.50. The van der Waals surface area contributed by atoms with Gasteiger partial charge in [0.25, 0.3) is 11.7 Å². The van der Waals surface area contributed by atoms with Crippen LogP contribution >= 0.6 is 0 Å². The van der Waals surface area contributed by atoms with Gasteiger partial charge in [-0.2, -0.15) is 0 Å². The van der Waals surface area contributed by atoms with Crippen molar-refractivity contribution in [3.8, 4) is 11.5 Å². The molecule has 0 radical (unpaired) electrons. The standard InChI is InChI=1S/C23H17NO6/c25-21(15-5-2-1-3-6-15)19-20(17-7-4-10-28-17)24(23(27)22(19)26)12-14-8-9-16-18(11-14)30-13-29-16/h1-11,20,25H,12-13H2/b21-19-. The van der Waals surface area contributed by atoms with Crippen LogP contribution in [0.25, 0.3) is 5.76 Å². The van der Waals surface area contributed by atoms with E-state index in [0.29, 0.717) is 22.8 Å². The zero-order valence-electron chi connectivity index (χ0n) is 15.8. The topological polar surface area (TPSA) is 89.2 Å². The molecule has 0 bridgehead atoms. The van der Waals surface area contributed by atoms with E-state index in [9.17, 15) is 14.7 Å². The van der Waals surface area contributed by atoms with Gasteiger partial charge in [0, 0.05) is 12.1 Å². The number of aliphatic hydroxyl groups is 1. The van der Waals surface area contributed by atoms with Crippen molar-refractivity contribution >= 4 is 17.4 Å². The molecular weight excluding hydrogens is 386 g/mol. The molecule has 1 amide bonds. The summed E-state index contributed by atoms with van der Waals surface area (Å²) in [6.45, 7) is 0.283. The van der Waals surface area contributed by atoms with Crippen molar-refractivity contribution in [1.29, 1.82) is 0 Å². The Balaban J connectivity index is 1.58. The van der Waals surface area contributed by atoms with E-state index in [1.54, 1.807) is 54.6 Å². The van der Waals surface area contributed by atoms with Crippen molar-refractivity contribution in [3.63, 3.8) is 0 Å². The highest BCUT2D eigenvalue weighted by Gasteiger charge is 2.47. The Labute approximate surface area is 171 Å². The van der Waals surface area contributed by atoms with Crippen LogP contribution in [0.1, 0.15) is 22.9 Å². The summed E-state index contributed by atoms with van der Waals surface area (Å²) in [4.78, 5) is 27.2. The van der Waals surface area contributed by atoms with E-state index >= 15 is 0 Å². The lowest BCUT2D eigenvalue weighted by Crippen LogP contribution is -2.29. The second kappa shape index (κ2) is 7.11. The van der Waals surface area contributed by atoms with Gasteiger partial charge in [0.15, 0.2) is 11.5 Å². The number of Topliss-reactive ketones (excluding diaryl/α,β-unsaturated/α-hetero) is 1. The highest BCUT2D eigenvalue weighted by Crippen LogP contribution is 2.41. The molecule has 3 heterocycles. The summed E-state index contributed by atoms with van der Waals surface area (Å²) >= 11 is 0. The molecule has 30 heavy (non-hydrogen) atoms. The van der Waals surface area contributed by atoms with Gasteiger partial charge in [-0.3, -0.25) is 9.59 Å². The number of ketones is 1. The van der Waals surface area contributed by atoms with Gasteiger partial charge in [-0.1, -0.05) is 36.4 Å². The number of fused-ring (bicyclic) bond motifs is 1. The molecule has 1 saturated heterocycles. The van der Waals surface area contributed by atoms with Gasteiger partial charge in [-0.05, 0) is 29.8 Å². The number of hydrogen-bond donors (Lipinski definition) is 1. The summed E-state index contributed by atoms with van der Waals surface area (Å²) < 4.78 is 16.3. The number of carbonyl (C=O) groups is 2. The number of likely N-dealkylation sites (tertiary alicyclic amines) is 1. The van der Waals surface area contributed by atoms with Crippen molar-refractivity contribution in [3.05, 3.63) is 89.4 Å². The third-order valence-electron chi connectivity index (χ3n) is 5.19. The maximum absolute atomic E-state index is 12.9. The summed E-state index contributed by atoms with van der Waals surface area (Å²) in [5.74, 6) is -0.0728. The number of rotatable bonds is 4. The van der Waals surface area contributed by atoms with E-state index in [2.05, 4.69) is 0 Å². The first-order chi connectivity index (χ1) is 14.6. The number of aliphatic hydroxyl groups excluding tert-OH is 1. The van der Waals surface area contributed by atoms with Crippen LogP contribution in [0, 0.1) is 0 Å². The quantitative estimate of drug-likeness (QED) is 0.407. The monoisotopic (exact) mass is 403 g/mol. The summed E-state index contributed by atoms with van der Waals surface area (Å²) in [5.41, 5.74) is 1.22. The number of carbonyl (C=O) groups excluding carboxylic acids is 2. The first-order valence-electron chi connectivity index (χ1n) is 9.39. The third-order valence-corrected chi connectivity index (χ3v) is 5.19. The molecule has 150 valence electrons. The molecule has 3 aromatic rings. The average molecular weight is 403 g/mol. The Morgan fingerprint density at radius 1 is 1.00 bits per heavy atom. The minimum Gasteiger partial charge on any atom is -0.507 e. The molecule has 0 aliphatic carbocycles. The summed E-state index contributed by atoms with van der Waals surface area (Å²) in [6.07, 6.45) is 1.47. The van der Waals surface area contributed by atoms with Crippen molar-refractivity contribution in [1.82, 2.24) is 4.90 Å². The fourth-order valence-electron chi connectivity index (χ4n) is 3.77. The number of furan rings is 1. The van der Waals surface area contributed by atoms with E-state index in [1.807, 2.05) is 6.07 Å². The molecule has 5 rings (SSSR count). The molecular formula is C23H17NO6. The molecule has 1 atom stereocenters. The Morgan fingerprint density at radius 3 is 2.57 bits per heavy atom. The number of hydrogen-bond acceptors (Lipinski definition) is 6. The molecule has 1 N–H and O–H groups in total. The van der Waals surface area contributed by atoms with Gasteiger partial charge in [-0.25, -0.2) is 0 Å². The lowest BCUT2D eigenvalue weighted by atomic mass is 9.99. The van der Waals surface area contributed by atoms with Gasteiger partial charge in [0.1, 0.15) is 17.6 Å². The zero-order valence-corrected chi connectivity index (χ0v) is 15.8.